The lowest BCUT2D eigenvalue weighted by Gasteiger charge is -2.11. The molecule has 0 spiro atoms. The van der Waals surface area contributed by atoms with Gasteiger partial charge < -0.3 is 10.4 Å². The summed E-state index contributed by atoms with van der Waals surface area (Å²) in [4.78, 5) is 29.7. The molecule has 1 amide bonds. The third-order valence-electron chi connectivity index (χ3n) is 1.65. The van der Waals surface area contributed by atoms with E-state index >= 15 is 0 Å². The van der Waals surface area contributed by atoms with Crippen molar-refractivity contribution in [2.24, 2.45) is 0 Å². The molecule has 1 atom stereocenters. The molecule has 0 aromatic carbocycles. The van der Waals surface area contributed by atoms with Crippen molar-refractivity contribution in [3.63, 3.8) is 0 Å². The van der Waals surface area contributed by atoms with E-state index in [1.807, 2.05) is 0 Å². The molecule has 6 nitrogen and oxygen atoms in total. The number of aromatic nitrogens is 2. The number of carbonyl (C=O) groups excluding carboxylic acids is 1. The fourth-order valence-electron chi connectivity index (χ4n) is 0.953. The van der Waals surface area contributed by atoms with Gasteiger partial charge in [-0.15, -0.1) is 0 Å². The summed E-state index contributed by atoms with van der Waals surface area (Å²) in [5.41, 5.74) is 0. The summed E-state index contributed by atoms with van der Waals surface area (Å²) in [5.74, 6) is -1.25. The topological polar surface area (TPSA) is 92.2 Å². The fourth-order valence-corrected chi connectivity index (χ4v) is 2.03. The van der Waals surface area contributed by atoms with E-state index in [0.717, 1.165) is 3.57 Å². The van der Waals surface area contributed by atoms with Gasteiger partial charge in [-0.2, -0.15) is 0 Å². The van der Waals surface area contributed by atoms with Crippen molar-refractivity contribution < 1.29 is 14.7 Å². The van der Waals surface area contributed by atoms with Crippen molar-refractivity contribution in [2.45, 2.75) is 18.1 Å². The Labute approximate surface area is 116 Å². The number of amides is 1. The lowest BCUT2D eigenvalue weighted by molar-refractivity contribution is -0.140. The molecule has 0 unspecified atom stereocenters. The minimum absolute atomic E-state index is 0.190. The Morgan fingerprint density at radius 3 is 2.59 bits per heavy atom. The predicted molar refractivity (Wildman–Crippen MR) is 70.7 cm³/mol. The average Bonchev–Trinajstić information content (AvgIpc) is 2.25. The normalized spacial score (nSPS) is 11.9. The number of carboxylic acid groups (broad SMARTS) is 1. The standard InChI is InChI=1S/C9H10IN3O3S/c1-5(14)13-7(8(15)16)4-17-9-11-2-6(10)3-12-9/h2-3,7H,4H2,1H3,(H,13,14)(H,15,16)/t7-/m0/s1. The molecule has 1 heterocycles. The molecule has 17 heavy (non-hydrogen) atoms. The van der Waals surface area contributed by atoms with Crippen LogP contribution in [0.25, 0.3) is 0 Å². The van der Waals surface area contributed by atoms with Crippen molar-refractivity contribution >= 4 is 46.2 Å². The molecule has 0 aliphatic carbocycles. The Morgan fingerprint density at radius 1 is 1.53 bits per heavy atom. The van der Waals surface area contributed by atoms with Crippen LogP contribution in [0.15, 0.2) is 17.6 Å². The van der Waals surface area contributed by atoms with Crippen molar-refractivity contribution in [1.82, 2.24) is 15.3 Å². The Kier molecular flexibility index (Phi) is 5.62. The summed E-state index contributed by atoms with van der Waals surface area (Å²) in [5, 5.41) is 11.7. The summed E-state index contributed by atoms with van der Waals surface area (Å²) in [6.45, 7) is 1.28. The lowest BCUT2D eigenvalue weighted by Crippen LogP contribution is -2.41. The van der Waals surface area contributed by atoms with E-state index in [1.165, 1.54) is 18.7 Å². The van der Waals surface area contributed by atoms with Crippen molar-refractivity contribution in [3.8, 4) is 0 Å². The van der Waals surface area contributed by atoms with Crippen LogP contribution in [0.4, 0.5) is 0 Å². The summed E-state index contributed by atoms with van der Waals surface area (Å²) in [7, 11) is 0. The molecule has 0 radical (unpaired) electrons. The molecule has 1 rings (SSSR count). The maximum atomic E-state index is 10.8. The van der Waals surface area contributed by atoms with E-state index in [1.54, 1.807) is 12.4 Å². The maximum absolute atomic E-state index is 10.8. The monoisotopic (exact) mass is 367 g/mol. The summed E-state index contributed by atoms with van der Waals surface area (Å²) >= 11 is 3.27. The number of hydrogen-bond donors (Lipinski definition) is 2. The van der Waals surface area contributed by atoms with E-state index in [4.69, 9.17) is 5.11 Å². The van der Waals surface area contributed by atoms with Gasteiger partial charge in [-0.1, -0.05) is 11.8 Å². The number of nitrogens with one attached hydrogen (secondary N) is 1. The van der Waals surface area contributed by atoms with Gasteiger partial charge in [-0.3, -0.25) is 4.79 Å². The average molecular weight is 367 g/mol. The SMILES string of the molecule is CC(=O)N[C@@H](CSc1ncc(I)cn1)C(=O)O. The third-order valence-corrected chi connectivity index (χ3v) is 3.18. The molecule has 0 fully saturated rings. The van der Waals surface area contributed by atoms with E-state index < -0.39 is 12.0 Å². The Morgan fingerprint density at radius 2 is 2.12 bits per heavy atom. The zero-order chi connectivity index (χ0) is 12.8. The van der Waals surface area contributed by atoms with Gasteiger partial charge in [0.2, 0.25) is 5.91 Å². The minimum atomic E-state index is -1.07. The molecule has 8 heteroatoms. The highest BCUT2D eigenvalue weighted by atomic mass is 127. The van der Waals surface area contributed by atoms with Gasteiger partial charge in [0.15, 0.2) is 5.16 Å². The summed E-state index contributed by atoms with van der Waals surface area (Å²) < 4.78 is 0.906. The number of hydrogen-bond acceptors (Lipinski definition) is 5. The highest BCUT2D eigenvalue weighted by molar-refractivity contribution is 14.1. The first-order valence-electron chi connectivity index (χ1n) is 4.59. The predicted octanol–water partition coefficient (Wildman–Crippen LogP) is 0.763. The number of thioether (sulfide) groups is 1. The van der Waals surface area contributed by atoms with Crippen LogP contribution in [0.2, 0.25) is 0 Å². The van der Waals surface area contributed by atoms with Crippen LogP contribution in [0.1, 0.15) is 6.92 Å². The number of carboxylic acids is 1. The van der Waals surface area contributed by atoms with Gasteiger partial charge in [-0.05, 0) is 22.6 Å². The van der Waals surface area contributed by atoms with E-state index in [-0.39, 0.29) is 11.7 Å². The molecule has 2 N–H and O–H groups in total. The smallest absolute Gasteiger partial charge is 0.327 e. The van der Waals surface area contributed by atoms with Gasteiger partial charge in [0.05, 0.1) is 0 Å². The van der Waals surface area contributed by atoms with E-state index in [2.05, 4.69) is 37.9 Å². The molecular formula is C9H10IN3O3S. The highest BCUT2D eigenvalue weighted by Crippen LogP contribution is 2.14. The van der Waals surface area contributed by atoms with Crippen LogP contribution in [-0.4, -0.2) is 38.7 Å². The maximum Gasteiger partial charge on any atom is 0.327 e. The van der Waals surface area contributed by atoms with Crippen LogP contribution >= 0.6 is 34.4 Å². The molecular weight excluding hydrogens is 357 g/mol. The van der Waals surface area contributed by atoms with Crippen LogP contribution in [-0.2, 0) is 9.59 Å². The Balaban J connectivity index is 2.54. The molecule has 0 bridgehead atoms. The van der Waals surface area contributed by atoms with Gasteiger partial charge in [0.25, 0.3) is 0 Å². The van der Waals surface area contributed by atoms with Crippen molar-refractivity contribution in [2.75, 3.05) is 5.75 Å². The molecule has 1 aromatic rings. The molecule has 0 aliphatic heterocycles. The highest BCUT2D eigenvalue weighted by Gasteiger charge is 2.18. The first kappa shape index (κ1) is 14.2. The molecule has 0 saturated heterocycles. The Hall–Kier alpha value is -0.900. The zero-order valence-electron chi connectivity index (χ0n) is 8.88. The quantitative estimate of drug-likeness (QED) is 0.454. The third kappa shape index (κ3) is 5.31. The van der Waals surface area contributed by atoms with Gasteiger partial charge >= 0.3 is 5.97 Å². The van der Waals surface area contributed by atoms with Gasteiger partial charge in [0.1, 0.15) is 6.04 Å². The lowest BCUT2D eigenvalue weighted by atomic mass is 10.3. The fraction of sp³-hybridized carbons (Fsp3) is 0.333. The number of carbonyl (C=O) groups is 2. The van der Waals surface area contributed by atoms with Crippen LogP contribution in [0.3, 0.4) is 0 Å². The molecule has 0 aliphatic rings. The molecule has 1 aromatic heterocycles. The first-order chi connectivity index (χ1) is 7.99. The summed E-state index contributed by atoms with van der Waals surface area (Å²) in [6, 6.07) is -0.930. The van der Waals surface area contributed by atoms with Crippen LogP contribution in [0, 0.1) is 3.57 Å². The van der Waals surface area contributed by atoms with Crippen LogP contribution < -0.4 is 5.32 Å². The molecule has 92 valence electrons. The number of nitrogens with zero attached hydrogens (tertiary/aromatic N) is 2. The molecule has 0 saturated carbocycles. The summed E-state index contributed by atoms with van der Waals surface area (Å²) in [6.07, 6.45) is 3.29. The number of rotatable bonds is 5. The number of aliphatic carboxylic acids is 1. The van der Waals surface area contributed by atoms with Crippen molar-refractivity contribution in [1.29, 1.82) is 0 Å². The second-order valence-electron chi connectivity index (χ2n) is 3.09. The van der Waals surface area contributed by atoms with Crippen LogP contribution in [0.5, 0.6) is 0 Å². The van der Waals surface area contributed by atoms with Crippen molar-refractivity contribution in [3.05, 3.63) is 16.0 Å². The first-order valence-corrected chi connectivity index (χ1v) is 6.65. The van der Waals surface area contributed by atoms with E-state index in [0.29, 0.717) is 5.16 Å². The second kappa shape index (κ2) is 6.74. The second-order valence-corrected chi connectivity index (χ2v) is 5.32. The van der Waals surface area contributed by atoms with Gasteiger partial charge in [0, 0.05) is 28.6 Å². The van der Waals surface area contributed by atoms with Gasteiger partial charge in [-0.25, -0.2) is 14.8 Å². The van der Waals surface area contributed by atoms with E-state index in [9.17, 15) is 9.59 Å². The Bertz CT molecular complexity index is 412. The number of halogens is 1. The largest absolute Gasteiger partial charge is 0.480 e. The minimum Gasteiger partial charge on any atom is -0.480 e. The zero-order valence-corrected chi connectivity index (χ0v) is 11.9.